The molecule has 0 amide bonds. The highest BCUT2D eigenvalue weighted by atomic mass is 19.1. The Kier molecular flexibility index (Phi) is 6.29. The SMILES string of the molecule is CCN(CCNCCC(C)(C)C)c1ccccc1F. The van der Waals surface area contributed by atoms with Crippen molar-refractivity contribution in [2.75, 3.05) is 31.1 Å². The zero-order chi connectivity index (χ0) is 14.3. The molecule has 0 aliphatic rings. The Bertz CT molecular complexity index is 371. The second-order valence-corrected chi connectivity index (χ2v) is 6.09. The van der Waals surface area contributed by atoms with Gasteiger partial charge in [-0.05, 0) is 37.4 Å². The molecule has 0 aromatic heterocycles. The number of nitrogens with zero attached hydrogens (tertiary/aromatic N) is 1. The predicted octanol–water partition coefficient (Wildman–Crippen LogP) is 3.68. The molecular weight excluding hydrogens is 239 g/mol. The first kappa shape index (κ1) is 16.0. The first-order valence-electron chi connectivity index (χ1n) is 7.14. The van der Waals surface area contributed by atoms with Gasteiger partial charge < -0.3 is 10.2 Å². The van der Waals surface area contributed by atoms with Crippen molar-refractivity contribution in [1.29, 1.82) is 0 Å². The van der Waals surface area contributed by atoms with Crippen LogP contribution in [0.5, 0.6) is 0 Å². The van der Waals surface area contributed by atoms with Crippen molar-refractivity contribution in [3.8, 4) is 0 Å². The normalized spacial score (nSPS) is 11.6. The first-order chi connectivity index (χ1) is 8.94. The van der Waals surface area contributed by atoms with Gasteiger partial charge in [0, 0.05) is 19.6 Å². The van der Waals surface area contributed by atoms with Crippen molar-refractivity contribution in [3.05, 3.63) is 30.1 Å². The highest BCUT2D eigenvalue weighted by Crippen LogP contribution is 2.18. The van der Waals surface area contributed by atoms with Crippen molar-refractivity contribution in [2.24, 2.45) is 5.41 Å². The van der Waals surface area contributed by atoms with Crippen LogP contribution in [0.2, 0.25) is 0 Å². The van der Waals surface area contributed by atoms with E-state index in [0.717, 1.165) is 32.6 Å². The van der Waals surface area contributed by atoms with Gasteiger partial charge in [-0.3, -0.25) is 0 Å². The van der Waals surface area contributed by atoms with Crippen LogP contribution in [0.15, 0.2) is 24.3 Å². The average Bonchev–Trinajstić information content (AvgIpc) is 2.34. The zero-order valence-corrected chi connectivity index (χ0v) is 12.7. The number of anilines is 1. The third-order valence-electron chi connectivity index (χ3n) is 3.19. The largest absolute Gasteiger partial charge is 0.368 e. The maximum Gasteiger partial charge on any atom is 0.146 e. The zero-order valence-electron chi connectivity index (χ0n) is 12.7. The average molecular weight is 266 g/mol. The standard InChI is InChI=1S/C16H27FN2/c1-5-19(15-9-7-6-8-14(15)17)13-12-18-11-10-16(2,3)4/h6-9,18H,5,10-13H2,1-4H3. The van der Waals surface area contributed by atoms with E-state index in [1.165, 1.54) is 6.07 Å². The Morgan fingerprint density at radius 3 is 2.42 bits per heavy atom. The Labute approximate surface area is 117 Å². The monoisotopic (exact) mass is 266 g/mol. The van der Waals surface area contributed by atoms with Crippen molar-refractivity contribution in [3.63, 3.8) is 0 Å². The molecule has 108 valence electrons. The summed E-state index contributed by atoms with van der Waals surface area (Å²) in [6, 6.07) is 6.97. The van der Waals surface area contributed by atoms with Crippen LogP contribution >= 0.6 is 0 Å². The van der Waals surface area contributed by atoms with Gasteiger partial charge in [0.25, 0.3) is 0 Å². The number of para-hydroxylation sites is 1. The van der Waals surface area contributed by atoms with E-state index >= 15 is 0 Å². The molecule has 0 unspecified atom stereocenters. The van der Waals surface area contributed by atoms with Crippen molar-refractivity contribution >= 4 is 5.69 Å². The molecule has 0 aliphatic carbocycles. The van der Waals surface area contributed by atoms with Crippen molar-refractivity contribution in [1.82, 2.24) is 5.32 Å². The molecule has 0 saturated heterocycles. The van der Waals surface area contributed by atoms with Crippen LogP contribution in [-0.4, -0.2) is 26.2 Å². The highest BCUT2D eigenvalue weighted by Gasteiger charge is 2.10. The van der Waals surface area contributed by atoms with Crippen LogP contribution in [0.3, 0.4) is 0 Å². The number of benzene rings is 1. The van der Waals surface area contributed by atoms with E-state index in [1.54, 1.807) is 6.07 Å². The highest BCUT2D eigenvalue weighted by molar-refractivity contribution is 5.47. The number of hydrogen-bond donors (Lipinski definition) is 1. The van der Waals surface area contributed by atoms with Gasteiger partial charge in [0.05, 0.1) is 5.69 Å². The molecule has 1 rings (SSSR count). The van der Waals surface area contributed by atoms with Gasteiger partial charge in [-0.25, -0.2) is 4.39 Å². The van der Waals surface area contributed by atoms with Gasteiger partial charge in [0.2, 0.25) is 0 Å². The Hall–Kier alpha value is -1.09. The molecule has 0 saturated carbocycles. The van der Waals surface area contributed by atoms with Crippen LogP contribution in [0.25, 0.3) is 0 Å². The van der Waals surface area contributed by atoms with Crippen LogP contribution in [0.4, 0.5) is 10.1 Å². The number of rotatable bonds is 7. The minimum absolute atomic E-state index is 0.140. The van der Waals surface area contributed by atoms with Crippen LogP contribution in [0, 0.1) is 11.2 Å². The second-order valence-electron chi connectivity index (χ2n) is 6.09. The molecule has 19 heavy (non-hydrogen) atoms. The summed E-state index contributed by atoms with van der Waals surface area (Å²) >= 11 is 0. The Balaban J connectivity index is 2.36. The molecular formula is C16H27FN2. The van der Waals surface area contributed by atoms with Gasteiger partial charge >= 0.3 is 0 Å². The number of hydrogen-bond acceptors (Lipinski definition) is 2. The van der Waals surface area contributed by atoms with Crippen LogP contribution in [0.1, 0.15) is 34.1 Å². The first-order valence-corrected chi connectivity index (χ1v) is 7.14. The maximum absolute atomic E-state index is 13.7. The van der Waals surface area contributed by atoms with Gasteiger partial charge in [0.15, 0.2) is 0 Å². The van der Waals surface area contributed by atoms with Crippen LogP contribution in [-0.2, 0) is 0 Å². The minimum Gasteiger partial charge on any atom is -0.368 e. The summed E-state index contributed by atoms with van der Waals surface area (Å²) in [6.07, 6.45) is 1.15. The summed E-state index contributed by atoms with van der Waals surface area (Å²) in [6.45, 7) is 12.3. The fourth-order valence-electron chi connectivity index (χ4n) is 1.96. The summed E-state index contributed by atoms with van der Waals surface area (Å²) < 4.78 is 13.7. The van der Waals surface area contributed by atoms with Gasteiger partial charge in [-0.2, -0.15) is 0 Å². The molecule has 0 heterocycles. The molecule has 0 atom stereocenters. The minimum atomic E-state index is -0.140. The van der Waals surface area contributed by atoms with Crippen LogP contribution < -0.4 is 10.2 Å². The molecule has 0 bridgehead atoms. The molecule has 0 fully saturated rings. The van der Waals surface area contributed by atoms with Gasteiger partial charge in [-0.1, -0.05) is 32.9 Å². The van der Waals surface area contributed by atoms with E-state index in [0.29, 0.717) is 11.1 Å². The van der Waals surface area contributed by atoms with E-state index in [4.69, 9.17) is 0 Å². The van der Waals surface area contributed by atoms with E-state index in [9.17, 15) is 4.39 Å². The molecule has 2 nitrogen and oxygen atoms in total. The summed E-state index contributed by atoms with van der Waals surface area (Å²) in [5, 5.41) is 3.43. The third-order valence-corrected chi connectivity index (χ3v) is 3.19. The predicted molar refractivity (Wildman–Crippen MR) is 81.2 cm³/mol. The topological polar surface area (TPSA) is 15.3 Å². The van der Waals surface area contributed by atoms with Gasteiger partial charge in [-0.15, -0.1) is 0 Å². The number of nitrogens with one attached hydrogen (secondary N) is 1. The lowest BCUT2D eigenvalue weighted by atomic mass is 9.92. The van der Waals surface area contributed by atoms with Crippen molar-refractivity contribution < 1.29 is 4.39 Å². The second kappa shape index (κ2) is 7.49. The van der Waals surface area contributed by atoms with E-state index < -0.39 is 0 Å². The maximum atomic E-state index is 13.7. The Morgan fingerprint density at radius 2 is 1.84 bits per heavy atom. The summed E-state index contributed by atoms with van der Waals surface area (Å²) in [5.74, 6) is -0.140. The quantitative estimate of drug-likeness (QED) is 0.757. The summed E-state index contributed by atoms with van der Waals surface area (Å²) in [7, 11) is 0. The van der Waals surface area contributed by atoms with Gasteiger partial charge in [0.1, 0.15) is 5.82 Å². The molecule has 1 aromatic rings. The lowest BCUT2D eigenvalue weighted by molar-refractivity contribution is 0.368. The number of halogens is 1. The fourth-order valence-corrected chi connectivity index (χ4v) is 1.96. The molecule has 1 N–H and O–H groups in total. The molecule has 1 aromatic carbocycles. The summed E-state index contributed by atoms with van der Waals surface area (Å²) in [4.78, 5) is 2.07. The van der Waals surface area contributed by atoms with E-state index in [-0.39, 0.29) is 5.82 Å². The van der Waals surface area contributed by atoms with E-state index in [2.05, 4.69) is 37.9 Å². The molecule has 0 spiro atoms. The smallest absolute Gasteiger partial charge is 0.146 e. The Morgan fingerprint density at radius 1 is 1.16 bits per heavy atom. The third kappa shape index (κ3) is 6.06. The molecule has 0 aliphatic heterocycles. The molecule has 3 heteroatoms. The lowest BCUT2D eigenvalue weighted by Crippen LogP contribution is -2.33. The van der Waals surface area contributed by atoms with Crippen molar-refractivity contribution in [2.45, 2.75) is 34.1 Å². The fraction of sp³-hybridized carbons (Fsp3) is 0.625. The molecule has 0 radical (unpaired) electrons. The summed E-state index contributed by atoms with van der Waals surface area (Å²) in [5.41, 5.74) is 1.06. The number of likely N-dealkylation sites (N-methyl/N-ethyl adjacent to an activating group) is 1. The van der Waals surface area contributed by atoms with E-state index in [1.807, 2.05) is 12.1 Å². The lowest BCUT2D eigenvalue weighted by Gasteiger charge is -2.24.